The summed E-state index contributed by atoms with van der Waals surface area (Å²) in [5.41, 5.74) is 0.238. The van der Waals surface area contributed by atoms with E-state index < -0.39 is 0 Å². The Morgan fingerprint density at radius 3 is 2.88 bits per heavy atom. The minimum absolute atomic E-state index is 0.0125. The van der Waals surface area contributed by atoms with Crippen LogP contribution in [0.5, 0.6) is 11.5 Å². The van der Waals surface area contributed by atoms with Crippen LogP contribution >= 0.6 is 0 Å². The Bertz CT molecular complexity index is 415. The van der Waals surface area contributed by atoms with Crippen molar-refractivity contribution in [3.63, 3.8) is 0 Å². The van der Waals surface area contributed by atoms with Crippen molar-refractivity contribution in [3.05, 3.63) is 36.4 Å². The maximum Gasteiger partial charge on any atom is 0.255 e. The van der Waals surface area contributed by atoms with Crippen LogP contribution in [0.15, 0.2) is 30.9 Å². The zero-order valence-electron chi connectivity index (χ0n) is 10.1. The van der Waals surface area contributed by atoms with Crippen LogP contribution in [0.4, 0.5) is 0 Å². The molecule has 4 nitrogen and oxygen atoms in total. The highest BCUT2D eigenvalue weighted by Gasteiger charge is 2.13. The minimum atomic E-state index is -0.306. The summed E-state index contributed by atoms with van der Waals surface area (Å²) >= 11 is 0. The Labute approximate surface area is 101 Å². The average Bonchev–Trinajstić information content (AvgIpc) is 2.28. The molecule has 0 aliphatic carbocycles. The van der Waals surface area contributed by atoms with Gasteiger partial charge in [-0.2, -0.15) is 0 Å². The van der Waals surface area contributed by atoms with Crippen molar-refractivity contribution in [2.24, 2.45) is 0 Å². The van der Waals surface area contributed by atoms with Crippen molar-refractivity contribution in [1.29, 1.82) is 0 Å². The van der Waals surface area contributed by atoms with Gasteiger partial charge in [-0.3, -0.25) is 4.79 Å². The Kier molecular flexibility index (Phi) is 4.57. The summed E-state index contributed by atoms with van der Waals surface area (Å²) in [5.74, 6) is 0.116. The van der Waals surface area contributed by atoms with Crippen LogP contribution in [0.2, 0.25) is 0 Å². The first-order chi connectivity index (χ1) is 8.08. The number of phenols is 1. The molecule has 0 saturated heterocycles. The van der Waals surface area contributed by atoms with Crippen LogP contribution in [0.1, 0.15) is 23.7 Å². The molecule has 1 atom stereocenters. The first kappa shape index (κ1) is 13.1. The average molecular weight is 235 g/mol. The molecular formula is C13H17NO3. The summed E-state index contributed by atoms with van der Waals surface area (Å²) in [6.07, 6.45) is 2.42. The third-order valence-electron chi connectivity index (χ3n) is 2.35. The van der Waals surface area contributed by atoms with E-state index in [0.29, 0.717) is 12.2 Å². The van der Waals surface area contributed by atoms with Gasteiger partial charge in [0.2, 0.25) is 0 Å². The van der Waals surface area contributed by atoms with E-state index in [-0.39, 0.29) is 23.3 Å². The zero-order valence-corrected chi connectivity index (χ0v) is 10.1. The van der Waals surface area contributed by atoms with Crippen molar-refractivity contribution in [3.8, 4) is 11.5 Å². The van der Waals surface area contributed by atoms with Gasteiger partial charge >= 0.3 is 0 Å². The number of ether oxygens (including phenoxy) is 1. The highest BCUT2D eigenvalue weighted by Crippen LogP contribution is 2.23. The van der Waals surface area contributed by atoms with Gasteiger partial charge < -0.3 is 15.2 Å². The fourth-order valence-corrected chi connectivity index (χ4v) is 1.44. The number of nitrogens with one attached hydrogen (secondary N) is 1. The van der Waals surface area contributed by atoms with Gasteiger partial charge in [0.15, 0.2) is 0 Å². The predicted molar refractivity (Wildman–Crippen MR) is 66.4 cm³/mol. The van der Waals surface area contributed by atoms with Gasteiger partial charge in [0.1, 0.15) is 11.5 Å². The molecule has 0 fully saturated rings. The van der Waals surface area contributed by atoms with Gasteiger partial charge in [0, 0.05) is 12.1 Å². The summed E-state index contributed by atoms with van der Waals surface area (Å²) < 4.78 is 4.94. The van der Waals surface area contributed by atoms with Crippen molar-refractivity contribution in [2.45, 2.75) is 19.4 Å². The van der Waals surface area contributed by atoms with E-state index in [1.54, 1.807) is 12.1 Å². The summed E-state index contributed by atoms with van der Waals surface area (Å²) in [5, 5.41) is 12.4. The van der Waals surface area contributed by atoms with E-state index in [1.165, 1.54) is 19.2 Å². The Balaban J connectivity index is 2.78. The fourth-order valence-electron chi connectivity index (χ4n) is 1.44. The van der Waals surface area contributed by atoms with Crippen LogP contribution < -0.4 is 10.1 Å². The quantitative estimate of drug-likeness (QED) is 0.768. The number of carbonyl (C=O) groups is 1. The second-order valence-electron chi connectivity index (χ2n) is 3.78. The van der Waals surface area contributed by atoms with E-state index in [2.05, 4.69) is 11.9 Å². The molecule has 0 aliphatic heterocycles. The number of aromatic hydroxyl groups is 1. The highest BCUT2D eigenvalue weighted by molar-refractivity contribution is 5.97. The third-order valence-corrected chi connectivity index (χ3v) is 2.35. The maximum absolute atomic E-state index is 11.8. The molecule has 2 N–H and O–H groups in total. The molecule has 1 aromatic rings. The van der Waals surface area contributed by atoms with E-state index in [0.717, 1.165) is 0 Å². The highest BCUT2D eigenvalue weighted by atomic mass is 16.5. The normalized spacial score (nSPS) is 11.6. The first-order valence-corrected chi connectivity index (χ1v) is 5.37. The lowest BCUT2D eigenvalue weighted by molar-refractivity contribution is 0.0938. The summed E-state index contributed by atoms with van der Waals surface area (Å²) in [6, 6.07) is 4.56. The molecule has 1 rings (SSSR count). The Morgan fingerprint density at radius 1 is 1.65 bits per heavy atom. The smallest absolute Gasteiger partial charge is 0.255 e. The molecule has 0 heterocycles. The Hall–Kier alpha value is -1.97. The second-order valence-corrected chi connectivity index (χ2v) is 3.78. The lowest BCUT2D eigenvalue weighted by atomic mass is 10.1. The summed E-state index contributed by atoms with van der Waals surface area (Å²) in [4.78, 5) is 11.8. The molecule has 0 saturated carbocycles. The number of methoxy groups -OCH3 is 1. The minimum Gasteiger partial charge on any atom is -0.507 e. The molecular weight excluding hydrogens is 218 g/mol. The summed E-state index contributed by atoms with van der Waals surface area (Å²) in [6.45, 7) is 5.48. The third kappa shape index (κ3) is 3.52. The number of hydrogen-bond acceptors (Lipinski definition) is 3. The molecule has 0 aliphatic rings. The fraction of sp³-hybridized carbons (Fsp3) is 0.308. The molecule has 1 aromatic carbocycles. The number of rotatable bonds is 5. The van der Waals surface area contributed by atoms with Gasteiger partial charge in [0.05, 0.1) is 12.7 Å². The number of carbonyl (C=O) groups excluding carboxylic acids is 1. The van der Waals surface area contributed by atoms with Crippen LogP contribution in [0.3, 0.4) is 0 Å². The van der Waals surface area contributed by atoms with E-state index in [1.807, 2.05) is 6.92 Å². The van der Waals surface area contributed by atoms with Gasteiger partial charge in [-0.15, -0.1) is 6.58 Å². The number of phenolic OH excluding ortho intramolecular Hbond substituents is 1. The van der Waals surface area contributed by atoms with Gasteiger partial charge in [-0.1, -0.05) is 6.08 Å². The molecule has 17 heavy (non-hydrogen) atoms. The molecule has 0 radical (unpaired) electrons. The van der Waals surface area contributed by atoms with Crippen molar-refractivity contribution >= 4 is 5.91 Å². The van der Waals surface area contributed by atoms with E-state index in [4.69, 9.17) is 4.74 Å². The van der Waals surface area contributed by atoms with Gasteiger partial charge in [0.25, 0.3) is 5.91 Å². The Morgan fingerprint density at radius 2 is 2.35 bits per heavy atom. The SMILES string of the molecule is C=CCC(C)NC(=O)c1ccc(OC)cc1O. The lowest BCUT2D eigenvalue weighted by Gasteiger charge is -2.12. The molecule has 1 amide bonds. The molecule has 92 valence electrons. The standard InChI is InChI=1S/C13H17NO3/c1-4-5-9(2)14-13(16)11-7-6-10(17-3)8-12(11)15/h4,6-9,15H,1,5H2,2-3H3,(H,14,16). The van der Waals surface area contributed by atoms with Crippen LogP contribution in [-0.2, 0) is 0 Å². The predicted octanol–water partition coefficient (Wildman–Crippen LogP) is 2.10. The topological polar surface area (TPSA) is 58.6 Å². The van der Waals surface area contributed by atoms with Crippen LogP contribution in [0, 0.1) is 0 Å². The van der Waals surface area contributed by atoms with Gasteiger partial charge in [-0.25, -0.2) is 0 Å². The largest absolute Gasteiger partial charge is 0.507 e. The van der Waals surface area contributed by atoms with Crippen LogP contribution in [0.25, 0.3) is 0 Å². The van der Waals surface area contributed by atoms with Crippen molar-refractivity contribution in [2.75, 3.05) is 7.11 Å². The second kappa shape index (κ2) is 5.94. The number of hydrogen-bond donors (Lipinski definition) is 2. The lowest BCUT2D eigenvalue weighted by Crippen LogP contribution is -2.32. The van der Waals surface area contributed by atoms with Gasteiger partial charge in [-0.05, 0) is 25.5 Å². The first-order valence-electron chi connectivity index (χ1n) is 5.37. The molecule has 0 bridgehead atoms. The van der Waals surface area contributed by atoms with Crippen molar-refractivity contribution < 1.29 is 14.6 Å². The van der Waals surface area contributed by atoms with E-state index >= 15 is 0 Å². The molecule has 0 aromatic heterocycles. The van der Waals surface area contributed by atoms with Crippen LogP contribution in [-0.4, -0.2) is 24.2 Å². The van der Waals surface area contributed by atoms with E-state index in [9.17, 15) is 9.90 Å². The number of amides is 1. The molecule has 4 heteroatoms. The summed E-state index contributed by atoms with van der Waals surface area (Å²) in [7, 11) is 1.50. The molecule has 0 spiro atoms. The zero-order chi connectivity index (χ0) is 12.8. The molecule has 1 unspecified atom stereocenters. The maximum atomic E-state index is 11.8. The number of benzene rings is 1. The monoisotopic (exact) mass is 235 g/mol. The van der Waals surface area contributed by atoms with Crippen molar-refractivity contribution in [1.82, 2.24) is 5.32 Å².